The van der Waals surface area contributed by atoms with Crippen LogP contribution in [0.4, 0.5) is 0 Å². The number of benzene rings is 1. The first kappa shape index (κ1) is 10.9. The highest BCUT2D eigenvalue weighted by atomic mass is 15.3. The fourth-order valence-corrected chi connectivity index (χ4v) is 1.18. The highest BCUT2D eigenvalue weighted by Gasteiger charge is 2.04. The van der Waals surface area contributed by atoms with Crippen LogP contribution < -0.4 is 5.43 Å². The molecule has 1 aromatic carbocycles. The van der Waals surface area contributed by atoms with Crippen LogP contribution in [0.5, 0.6) is 0 Å². The van der Waals surface area contributed by atoms with Crippen LogP contribution in [0, 0.1) is 18.3 Å². The molecule has 0 aromatic heterocycles. The Bertz CT molecular complexity index is 440. The van der Waals surface area contributed by atoms with Gasteiger partial charge in [-0.15, -0.1) is 0 Å². The fraction of sp³-hybridized carbons (Fsp3) is 0.182. The van der Waals surface area contributed by atoms with Crippen molar-refractivity contribution < 1.29 is 0 Å². The van der Waals surface area contributed by atoms with Crippen molar-refractivity contribution in [1.29, 1.82) is 5.26 Å². The molecular formula is C11H12N4. The lowest BCUT2D eigenvalue weighted by Crippen LogP contribution is -2.05. The molecule has 0 saturated carbocycles. The Kier molecular flexibility index (Phi) is 3.58. The standard InChI is InChI=1S/C11H12N4/c1-8-4-5-9(6-10(8)7-12)11(13-2)15-14-3/h4-6,14H,2H2,1,3H3/b15-11-. The summed E-state index contributed by atoms with van der Waals surface area (Å²) in [6, 6.07) is 7.60. The van der Waals surface area contributed by atoms with Gasteiger partial charge in [-0.3, -0.25) is 0 Å². The molecule has 0 atom stereocenters. The molecule has 0 heterocycles. The molecule has 4 nitrogen and oxygen atoms in total. The van der Waals surface area contributed by atoms with Crippen LogP contribution in [-0.4, -0.2) is 19.6 Å². The van der Waals surface area contributed by atoms with Crippen molar-refractivity contribution in [2.24, 2.45) is 10.1 Å². The van der Waals surface area contributed by atoms with Gasteiger partial charge in [-0.25, -0.2) is 4.99 Å². The van der Waals surface area contributed by atoms with Crippen molar-refractivity contribution in [2.45, 2.75) is 6.92 Å². The quantitative estimate of drug-likeness (QED) is 0.446. The van der Waals surface area contributed by atoms with Gasteiger partial charge in [-0.2, -0.15) is 10.4 Å². The lowest BCUT2D eigenvalue weighted by Gasteiger charge is -2.02. The van der Waals surface area contributed by atoms with Crippen molar-refractivity contribution in [3.8, 4) is 6.07 Å². The maximum Gasteiger partial charge on any atom is 0.178 e. The van der Waals surface area contributed by atoms with Crippen LogP contribution in [0.15, 0.2) is 28.3 Å². The van der Waals surface area contributed by atoms with E-state index in [2.05, 4.69) is 28.3 Å². The average Bonchev–Trinajstić information content (AvgIpc) is 2.27. The summed E-state index contributed by atoms with van der Waals surface area (Å²) in [5, 5.41) is 12.8. The zero-order chi connectivity index (χ0) is 11.3. The fourth-order valence-electron chi connectivity index (χ4n) is 1.18. The molecule has 0 aliphatic heterocycles. The van der Waals surface area contributed by atoms with E-state index in [9.17, 15) is 0 Å². The van der Waals surface area contributed by atoms with Gasteiger partial charge in [0.05, 0.1) is 11.6 Å². The molecule has 0 amide bonds. The van der Waals surface area contributed by atoms with Crippen molar-refractivity contribution in [3.05, 3.63) is 34.9 Å². The predicted molar refractivity (Wildman–Crippen MR) is 61.0 cm³/mol. The van der Waals surface area contributed by atoms with Crippen LogP contribution >= 0.6 is 0 Å². The Balaban J connectivity index is 3.22. The van der Waals surface area contributed by atoms with Crippen molar-refractivity contribution in [3.63, 3.8) is 0 Å². The van der Waals surface area contributed by atoms with Crippen LogP contribution in [-0.2, 0) is 0 Å². The van der Waals surface area contributed by atoms with Gasteiger partial charge in [0.2, 0.25) is 0 Å². The zero-order valence-corrected chi connectivity index (χ0v) is 8.78. The number of rotatable bonds is 2. The molecule has 0 spiro atoms. The minimum Gasteiger partial charge on any atom is -0.311 e. The van der Waals surface area contributed by atoms with E-state index in [0.29, 0.717) is 11.4 Å². The third-order valence-electron chi connectivity index (χ3n) is 1.98. The SMILES string of the molecule is C=N/C(=N\NC)c1ccc(C)c(C#N)c1. The van der Waals surface area contributed by atoms with Gasteiger partial charge in [0.1, 0.15) is 0 Å². The maximum absolute atomic E-state index is 8.88. The lowest BCUT2D eigenvalue weighted by atomic mass is 10.1. The molecule has 0 fully saturated rings. The highest BCUT2D eigenvalue weighted by molar-refractivity contribution is 6.01. The van der Waals surface area contributed by atoms with Gasteiger partial charge in [-0.1, -0.05) is 12.1 Å². The Hall–Kier alpha value is -2.15. The number of aliphatic imine (C=N–C) groups is 1. The molecule has 76 valence electrons. The summed E-state index contributed by atoms with van der Waals surface area (Å²) in [5.41, 5.74) is 4.98. The summed E-state index contributed by atoms with van der Waals surface area (Å²) >= 11 is 0. The lowest BCUT2D eigenvalue weighted by molar-refractivity contribution is 0.898. The average molecular weight is 200 g/mol. The van der Waals surface area contributed by atoms with Gasteiger partial charge in [0.15, 0.2) is 5.84 Å². The van der Waals surface area contributed by atoms with E-state index in [1.165, 1.54) is 0 Å². The van der Waals surface area contributed by atoms with E-state index in [0.717, 1.165) is 11.1 Å². The van der Waals surface area contributed by atoms with Gasteiger partial charge in [-0.05, 0) is 25.3 Å². The molecule has 1 N–H and O–H groups in total. The predicted octanol–water partition coefficient (Wildman–Crippen LogP) is 1.45. The van der Waals surface area contributed by atoms with Gasteiger partial charge in [0, 0.05) is 12.6 Å². The Morgan fingerprint density at radius 1 is 1.53 bits per heavy atom. The van der Waals surface area contributed by atoms with Crippen molar-refractivity contribution >= 4 is 12.6 Å². The van der Waals surface area contributed by atoms with Crippen LogP contribution in [0.1, 0.15) is 16.7 Å². The largest absolute Gasteiger partial charge is 0.311 e. The van der Waals surface area contributed by atoms with E-state index in [-0.39, 0.29) is 0 Å². The summed E-state index contributed by atoms with van der Waals surface area (Å²) in [6.45, 7) is 5.32. The second-order valence-electron chi connectivity index (χ2n) is 2.96. The van der Waals surface area contributed by atoms with Crippen LogP contribution in [0.2, 0.25) is 0 Å². The number of hydrogen-bond donors (Lipinski definition) is 1. The Morgan fingerprint density at radius 3 is 2.80 bits per heavy atom. The molecule has 0 unspecified atom stereocenters. The van der Waals surface area contributed by atoms with Crippen LogP contribution in [0.3, 0.4) is 0 Å². The van der Waals surface area contributed by atoms with Crippen molar-refractivity contribution in [2.75, 3.05) is 7.05 Å². The summed E-state index contributed by atoms with van der Waals surface area (Å²) in [7, 11) is 1.69. The molecule has 0 saturated heterocycles. The first-order chi connectivity index (χ1) is 7.22. The van der Waals surface area contributed by atoms with E-state index in [1.54, 1.807) is 13.1 Å². The van der Waals surface area contributed by atoms with E-state index in [1.807, 2.05) is 19.1 Å². The number of hydrogen-bond acceptors (Lipinski definition) is 3. The number of nitrogens with one attached hydrogen (secondary N) is 1. The third-order valence-corrected chi connectivity index (χ3v) is 1.98. The summed E-state index contributed by atoms with van der Waals surface area (Å²) < 4.78 is 0. The van der Waals surface area contributed by atoms with Crippen molar-refractivity contribution in [1.82, 2.24) is 5.43 Å². The molecule has 1 aromatic rings. The Labute approximate surface area is 89.0 Å². The maximum atomic E-state index is 8.88. The van der Waals surface area contributed by atoms with E-state index < -0.39 is 0 Å². The van der Waals surface area contributed by atoms with Gasteiger partial charge in [0.25, 0.3) is 0 Å². The molecule has 1 rings (SSSR count). The molecular weight excluding hydrogens is 188 g/mol. The summed E-state index contributed by atoms with van der Waals surface area (Å²) in [6.07, 6.45) is 0. The number of nitrogens with zero attached hydrogens (tertiary/aromatic N) is 3. The summed E-state index contributed by atoms with van der Waals surface area (Å²) in [4.78, 5) is 3.78. The zero-order valence-electron chi connectivity index (χ0n) is 8.78. The monoisotopic (exact) mass is 200 g/mol. The van der Waals surface area contributed by atoms with E-state index >= 15 is 0 Å². The second-order valence-corrected chi connectivity index (χ2v) is 2.96. The molecule has 15 heavy (non-hydrogen) atoms. The first-order valence-electron chi connectivity index (χ1n) is 4.45. The first-order valence-corrected chi connectivity index (χ1v) is 4.45. The molecule has 0 aliphatic rings. The Morgan fingerprint density at radius 2 is 2.27 bits per heavy atom. The topological polar surface area (TPSA) is 60.5 Å². The second kappa shape index (κ2) is 4.91. The highest BCUT2D eigenvalue weighted by Crippen LogP contribution is 2.11. The molecule has 4 heteroatoms. The number of amidine groups is 1. The minimum absolute atomic E-state index is 0.481. The molecule has 0 bridgehead atoms. The smallest absolute Gasteiger partial charge is 0.178 e. The third kappa shape index (κ3) is 2.41. The van der Waals surface area contributed by atoms with Gasteiger partial charge < -0.3 is 5.43 Å². The molecule has 0 radical (unpaired) electrons. The van der Waals surface area contributed by atoms with Gasteiger partial charge >= 0.3 is 0 Å². The number of hydrazone groups is 1. The number of aryl methyl sites for hydroxylation is 1. The number of nitriles is 1. The minimum atomic E-state index is 0.481. The van der Waals surface area contributed by atoms with E-state index in [4.69, 9.17) is 5.26 Å². The summed E-state index contributed by atoms with van der Waals surface area (Å²) in [5.74, 6) is 0.481. The normalized spacial score (nSPS) is 10.6. The van der Waals surface area contributed by atoms with Crippen LogP contribution in [0.25, 0.3) is 0 Å². The molecule has 0 aliphatic carbocycles.